The molecule has 0 radical (unpaired) electrons. The van der Waals surface area contributed by atoms with Gasteiger partial charge in [-0.2, -0.15) is 0 Å². The first kappa shape index (κ1) is 16.8. The van der Waals surface area contributed by atoms with Crippen molar-refractivity contribution in [3.05, 3.63) is 53.1 Å². The maximum absolute atomic E-state index is 12.7. The number of benzene rings is 2. The van der Waals surface area contributed by atoms with Gasteiger partial charge in [0.15, 0.2) is 6.61 Å². The molecule has 1 heterocycles. The molecule has 1 aliphatic rings. The number of primary amides is 1. The quantitative estimate of drug-likeness (QED) is 0.780. The van der Waals surface area contributed by atoms with Gasteiger partial charge < -0.3 is 21.1 Å². The zero-order valence-corrected chi connectivity index (χ0v) is 14.1. The molecule has 130 valence electrons. The van der Waals surface area contributed by atoms with Crippen molar-refractivity contribution in [2.75, 3.05) is 23.8 Å². The molecule has 1 aliphatic heterocycles. The van der Waals surface area contributed by atoms with Crippen molar-refractivity contribution in [3.8, 4) is 5.75 Å². The van der Waals surface area contributed by atoms with Crippen LogP contribution in [0.25, 0.3) is 0 Å². The fourth-order valence-electron chi connectivity index (χ4n) is 2.98. The highest BCUT2D eigenvalue weighted by Crippen LogP contribution is 2.32. The van der Waals surface area contributed by atoms with Gasteiger partial charge in [-0.25, -0.2) is 0 Å². The maximum Gasteiger partial charge on any atom is 0.259 e. The summed E-state index contributed by atoms with van der Waals surface area (Å²) in [6.45, 7) is 2.72. The van der Waals surface area contributed by atoms with Crippen LogP contribution in [-0.2, 0) is 11.2 Å². The first-order valence-electron chi connectivity index (χ1n) is 8.24. The first-order chi connectivity index (χ1) is 12.1. The van der Waals surface area contributed by atoms with Gasteiger partial charge in [-0.05, 0) is 49.1 Å². The van der Waals surface area contributed by atoms with Crippen molar-refractivity contribution >= 4 is 23.2 Å². The number of aryl methyl sites for hydroxylation is 1. The molecule has 2 aromatic rings. The van der Waals surface area contributed by atoms with Crippen molar-refractivity contribution in [2.45, 2.75) is 19.8 Å². The van der Waals surface area contributed by atoms with E-state index in [4.69, 9.17) is 10.5 Å². The number of amides is 2. The Bertz CT molecular complexity index is 818. The molecule has 0 bridgehead atoms. The number of fused-ring (bicyclic) bond motifs is 1. The molecular formula is C19H21N3O3. The SMILES string of the molecule is Cc1ccc(NC(=O)c2ccccc2OCC(N)=O)c2c1NCCC2. The molecule has 25 heavy (non-hydrogen) atoms. The van der Waals surface area contributed by atoms with E-state index in [1.54, 1.807) is 24.3 Å². The van der Waals surface area contributed by atoms with Crippen LogP contribution >= 0.6 is 0 Å². The van der Waals surface area contributed by atoms with E-state index in [2.05, 4.69) is 17.6 Å². The minimum Gasteiger partial charge on any atom is -0.483 e. The molecule has 2 aromatic carbocycles. The predicted molar refractivity (Wildman–Crippen MR) is 97.1 cm³/mol. The fourth-order valence-corrected chi connectivity index (χ4v) is 2.98. The molecule has 3 rings (SSSR count). The van der Waals surface area contributed by atoms with Crippen molar-refractivity contribution < 1.29 is 14.3 Å². The number of hydrogen-bond acceptors (Lipinski definition) is 4. The van der Waals surface area contributed by atoms with Gasteiger partial charge >= 0.3 is 0 Å². The van der Waals surface area contributed by atoms with E-state index in [1.807, 2.05) is 12.1 Å². The van der Waals surface area contributed by atoms with Crippen LogP contribution in [0.1, 0.15) is 27.9 Å². The van der Waals surface area contributed by atoms with E-state index >= 15 is 0 Å². The Hall–Kier alpha value is -3.02. The lowest BCUT2D eigenvalue weighted by atomic mass is 9.97. The number of rotatable bonds is 5. The second-order valence-corrected chi connectivity index (χ2v) is 6.02. The molecule has 0 aromatic heterocycles. The number of carbonyl (C=O) groups is 2. The van der Waals surface area contributed by atoms with Crippen LogP contribution in [0, 0.1) is 6.92 Å². The Morgan fingerprint density at radius 2 is 2.04 bits per heavy atom. The molecule has 0 atom stereocenters. The largest absolute Gasteiger partial charge is 0.483 e. The zero-order chi connectivity index (χ0) is 17.8. The van der Waals surface area contributed by atoms with Crippen LogP contribution in [-0.4, -0.2) is 25.0 Å². The summed E-state index contributed by atoms with van der Waals surface area (Å²) in [5.74, 6) is -0.538. The van der Waals surface area contributed by atoms with Crippen LogP contribution in [0.4, 0.5) is 11.4 Å². The molecule has 0 spiro atoms. The molecule has 6 heteroatoms. The Morgan fingerprint density at radius 3 is 2.84 bits per heavy atom. The summed E-state index contributed by atoms with van der Waals surface area (Å²) in [5.41, 5.74) is 9.65. The molecule has 0 saturated heterocycles. The molecule has 6 nitrogen and oxygen atoms in total. The lowest BCUT2D eigenvalue weighted by Crippen LogP contribution is -2.22. The average Bonchev–Trinajstić information content (AvgIpc) is 2.62. The molecule has 0 unspecified atom stereocenters. The zero-order valence-electron chi connectivity index (χ0n) is 14.1. The normalized spacial score (nSPS) is 12.7. The Kier molecular flexibility index (Phi) is 4.88. The van der Waals surface area contributed by atoms with Crippen LogP contribution < -0.4 is 21.1 Å². The van der Waals surface area contributed by atoms with Gasteiger partial charge in [0.25, 0.3) is 11.8 Å². The van der Waals surface area contributed by atoms with E-state index in [9.17, 15) is 9.59 Å². The third-order valence-corrected chi connectivity index (χ3v) is 4.18. The van der Waals surface area contributed by atoms with Crippen molar-refractivity contribution in [2.24, 2.45) is 5.73 Å². The summed E-state index contributed by atoms with van der Waals surface area (Å²) < 4.78 is 5.34. The molecule has 0 saturated carbocycles. The predicted octanol–water partition coefficient (Wildman–Crippen LogP) is 2.47. The maximum atomic E-state index is 12.7. The summed E-state index contributed by atoms with van der Waals surface area (Å²) in [6.07, 6.45) is 1.94. The average molecular weight is 339 g/mol. The number of nitrogens with two attached hydrogens (primary N) is 1. The minimum absolute atomic E-state index is 0.270. The molecule has 0 fully saturated rings. The van der Waals surface area contributed by atoms with Gasteiger partial charge in [0.05, 0.1) is 5.56 Å². The summed E-state index contributed by atoms with van der Waals surface area (Å²) in [5, 5.41) is 6.37. The van der Waals surface area contributed by atoms with Crippen molar-refractivity contribution in [1.29, 1.82) is 0 Å². The third-order valence-electron chi connectivity index (χ3n) is 4.18. The second-order valence-electron chi connectivity index (χ2n) is 6.02. The van der Waals surface area contributed by atoms with Crippen molar-refractivity contribution in [1.82, 2.24) is 0 Å². The topological polar surface area (TPSA) is 93.4 Å². The van der Waals surface area contributed by atoms with Crippen LogP contribution in [0.5, 0.6) is 5.75 Å². The number of hydrogen-bond donors (Lipinski definition) is 3. The Labute approximate surface area is 146 Å². The summed E-state index contributed by atoms with van der Waals surface area (Å²) in [4.78, 5) is 23.6. The van der Waals surface area contributed by atoms with E-state index in [0.717, 1.165) is 41.9 Å². The van der Waals surface area contributed by atoms with Crippen LogP contribution in [0.3, 0.4) is 0 Å². The lowest BCUT2D eigenvalue weighted by molar-refractivity contribution is -0.119. The standard InChI is InChI=1S/C19H21N3O3/c1-12-8-9-15(13-6-4-10-21-18(12)13)22-19(24)14-5-2-3-7-16(14)25-11-17(20)23/h2-3,5,7-9,21H,4,6,10-11H2,1H3,(H2,20,23)(H,22,24). The van der Waals surface area contributed by atoms with E-state index in [-0.39, 0.29) is 12.5 Å². The van der Waals surface area contributed by atoms with Crippen LogP contribution in [0.15, 0.2) is 36.4 Å². The molecule has 0 aliphatic carbocycles. The third kappa shape index (κ3) is 3.74. The first-order valence-corrected chi connectivity index (χ1v) is 8.24. The molecular weight excluding hydrogens is 318 g/mol. The summed E-state index contributed by atoms with van der Waals surface area (Å²) in [6, 6.07) is 10.7. The van der Waals surface area contributed by atoms with Crippen LogP contribution in [0.2, 0.25) is 0 Å². The number of nitrogens with one attached hydrogen (secondary N) is 2. The molecule has 4 N–H and O–H groups in total. The molecule has 2 amide bonds. The number of anilines is 2. The number of para-hydroxylation sites is 1. The second kappa shape index (κ2) is 7.25. The van der Waals surface area contributed by atoms with Gasteiger partial charge in [-0.3, -0.25) is 9.59 Å². The smallest absolute Gasteiger partial charge is 0.259 e. The summed E-state index contributed by atoms with van der Waals surface area (Å²) in [7, 11) is 0. The number of ether oxygens (including phenoxy) is 1. The number of carbonyl (C=O) groups excluding carboxylic acids is 2. The van der Waals surface area contributed by atoms with Gasteiger partial charge in [-0.1, -0.05) is 18.2 Å². The van der Waals surface area contributed by atoms with Gasteiger partial charge in [0.2, 0.25) is 0 Å². The van der Waals surface area contributed by atoms with E-state index in [1.165, 1.54) is 0 Å². The monoisotopic (exact) mass is 339 g/mol. The van der Waals surface area contributed by atoms with Gasteiger partial charge in [-0.15, -0.1) is 0 Å². The van der Waals surface area contributed by atoms with Crippen molar-refractivity contribution in [3.63, 3.8) is 0 Å². The Morgan fingerprint density at radius 1 is 1.24 bits per heavy atom. The Balaban J connectivity index is 1.85. The summed E-state index contributed by atoms with van der Waals surface area (Å²) >= 11 is 0. The highest BCUT2D eigenvalue weighted by atomic mass is 16.5. The lowest BCUT2D eigenvalue weighted by Gasteiger charge is -2.23. The fraction of sp³-hybridized carbons (Fsp3) is 0.263. The highest BCUT2D eigenvalue weighted by molar-refractivity contribution is 6.07. The van der Waals surface area contributed by atoms with Gasteiger partial charge in [0.1, 0.15) is 5.75 Å². The van der Waals surface area contributed by atoms with E-state index in [0.29, 0.717) is 11.3 Å². The van der Waals surface area contributed by atoms with E-state index < -0.39 is 5.91 Å². The minimum atomic E-state index is -0.589. The highest BCUT2D eigenvalue weighted by Gasteiger charge is 2.18. The van der Waals surface area contributed by atoms with Gasteiger partial charge in [0, 0.05) is 17.9 Å².